The Labute approximate surface area is 207 Å². The van der Waals surface area contributed by atoms with Gasteiger partial charge < -0.3 is 9.80 Å². The van der Waals surface area contributed by atoms with Crippen molar-refractivity contribution in [3.63, 3.8) is 0 Å². The van der Waals surface area contributed by atoms with Crippen molar-refractivity contribution in [1.29, 1.82) is 0 Å². The van der Waals surface area contributed by atoms with Crippen molar-refractivity contribution in [3.05, 3.63) is 75.9 Å². The van der Waals surface area contributed by atoms with Crippen LogP contribution in [0.1, 0.15) is 22.7 Å². The fourth-order valence-electron chi connectivity index (χ4n) is 4.81. The summed E-state index contributed by atoms with van der Waals surface area (Å²) < 4.78 is 0. The third-order valence-electron chi connectivity index (χ3n) is 6.47. The van der Waals surface area contributed by atoms with E-state index in [-0.39, 0.29) is 0 Å². The van der Waals surface area contributed by atoms with E-state index in [1.165, 1.54) is 44.1 Å². The summed E-state index contributed by atoms with van der Waals surface area (Å²) in [5, 5.41) is 2.09. The van der Waals surface area contributed by atoms with Gasteiger partial charge >= 0.3 is 0 Å². The Morgan fingerprint density at radius 1 is 0.879 bits per heavy atom. The minimum atomic E-state index is 0.761. The molecular formula is C26H25ClN4S2. The van der Waals surface area contributed by atoms with Crippen LogP contribution >= 0.6 is 34.7 Å². The lowest BCUT2D eigenvalue weighted by atomic mass is 10.1. The van der Waals surface area contributed by atoms with E-state index in [1.807, 2.05) is 23.5 Å². The largest absolute Gasteiger partial charge is 0.368 e. The normalized spacial score (nSPS) is 15.9. The van der Waals surface area contributed by atoms with E-state index in [0.717, 1.165) is 55.0 Å². The number of halogens is 1. The zero-order chi connectivity index (χ0) is 22.2. The van der Waals surface area contributed by atoms with Crippen molar-refractivity contribution < 1.29 is 0 Å². The molecule has 4 nitrogen and oxygen atoms in total. The van der Waals surface area contributed by atoms with Gasteiger partial charge in [-0.25, -0.2) is 9.97 Å². The lowest BCUT2D eigenvalue weighted by molar-refractivity contribution is 0.648. The maximum Gasteiger partial charge on any atom is 0.142 e. The number of aromatic nitrogens is 2. The molecule has 1 fully saturated rings. The van der Waals surface area contributed by atoms with Crippen LogP contribution in [0.15, 0.2) is 59.5 Å². The second-order valence-electron chi connectivity index (χ2n) is 8.55. The summed E-state index contributed by atoms with van der Waals surface area (Å²) in [6.07, 6.45) is 3.60. The number of fused-ring (bicyclic) bond motifs is 3. The van der Waals surface area contributed by atoms with E-state index in [2.05, 4.69) is 52.3 Å². The summed E-state index contributed by atoms with van der Waals surface area (Å²) in [5.74, 6) is 2.83. The standard InChI is InChI=1S/C26H25ClN4S2/c27-18-9-11-20(12-10-18)32-17-23-28-25(24-21-7-4-8-22(21)33-26(24)29-23)31-15-13-30(14-16-31)19-5-2-1-3-6-19/h1-3,5-6,9-12H,4,7-8,13-17H2. The van der Waals surface area contributed by atoms with Gasteiger partial charge in [-0.05, 0) is 61.2 Å². The number of anilines is 2. The van der Waals surface area contributed by atoms with Crippen LogP contribution in [0.2, 0.25) is 5.02 Å². The molecule has 2 aliphatic rings. The predicted octanol–water partition coefficient (Wildman–Crippen LogP) is 6.45. The highest BCUT2D eigenvalue weighted by molar-refractivity contribution is 7.98. The highest BCUT2D eigenvalue weighted by Gasteiger charge is 2.27. The van der Waals surface area contributed by atoms with Crippen LogP contribution in [0.4, 0.5) is 11.5 Å². The van der Waals surface area contributed by atoms with Crippen LogP contribution in [0, 0.1) is 0 Å². The Balaban J connectivity index is 1.28. The number of thioether (sulfide) groups is 1. The molecule has 1 aliphatic heterocycles. The van der Waals surface area contributed by atoms with E-state index in [9.17, 15) is 0 Å². The smallest absolute Gasteiger partial charge is 0.142 e. The molecule has 0 N–H and O–H groups in total. The van der Waals surface area contributed by atoms with Crippen LogP contribution in [0.25, 0.3) is 10.2 Å². The first-order valence-electron chi connectivity index (χ1n) is 11.5. The van der Waals surface area contributed by atoms with Crippen molar-refractivity contribution in [3.8, 4) is 0 Å². The monoisotopic (exact) mass is 492 g/mol. The SMILES string of the molecule is Clc1ccc(SCc2nc(N3CCN(c4ccccc4)CC3)c3c4c(sc3n2)CCC4)cc1. The van der Waals surface area contributed by atoms with Gasteiger partial charge in [-0.3, -0.25) is 0 Å². The molecule has 0 atom stereocenters. The molecule has 3 heterocycles. The van der Waals surface area contributed by atoms with Crippen molar-refractivity contribution in [1.82, 2.24) is 9.97 Å². The molecule has 0 radical (unpaired) electrons. The van der Waals surface area contributed by atoms with Gasteiger partial charge in [0.2, 0.25) is 0 Å². The number of aryl methyl sites for hydroxylation is 2. The molecular weight excluding hydrogens is 468 g/mol. The average molecular weight is 493 g/mol. The summed E-state index contributed by atoms with van der Waals surface area (Å²) in [6.45, 7) is 3.98. The first-order chi connectivity index (χ1) is 16.2. The second kappa shape index (κ2) is 9.16. The van der Waals surface area contributed by atoms with Crippen LogP contribution in [-0.4, -0.2) is 36.1 Å². The molecule has 33 heavy (non-hydrogen) atoms. The maximum absolute atomic E-state index is 6.05. The number of hydrogen-bond acceptors (Lipinski definition) is 6. The molecule has 2 aromatic carbocycles. The van der Waals surface area contributed by atoms with Gasteiger partial charge in [0.05, 0.1) is 11.1 Å². The first-order valence-corrected chi connectivity index (χ1v) is 13.7. The minimum absolute atomic E-state index is 0.761. The van der Waals surface area contributed by atoms with E-state index < -0.39 is 0 Å². The van der Waals surface area contributed by atoms with E-state index in [4.69, 9.17) is 21.6 Å². The molecule has 0 spiro atoms. The third-order valence-corrected chi connectivity index (χ3v) is 8.92. The Kier molecular flexibility index (Phi) is 5.91. The maximum atomic E-state index is 6.05. The van der Waals surface area contributed by atoms with Gasteiger partial charge in [-0.15, -0.1) is 23.1 Å². The molecule has 0 unspecified atom stereocenters. The Bertz CT molecular complexity index is 1270. The highest BCUT2D eigenvalue weighted by Crippen LogP contribution is 2.41. The molecule has 4 aromatic rings. The van der Waals surface area contributed by atoms with Gasteiger partial charge in [0.15, 0.2) is 0 Å². The van der Waals surface area contributed by atoms with Crippen LogP contribution in [0.3, 0.4) is 0 Å². The van der Waals surface area contributed by atoms with E-state index in [0.29, 0.717) is 0 Å². The summed E-state index contributed by atoms with van der Waals surface area (Å²) in [4.78, 5) is 19.0. The quantitative estimate of drug-likeness (QED) is 0.299. The van der Waals surface area contributed by atoms with Crippen LogP contribution in [-0.2, 0) is 18.6 Å². The number of piperazine rings is 1. The van der Waals surface area contributed by atoms with E-state index in [1.54, 1.807) is 11.8 Å². The molecule has 0 bridgehead atoms. The Morgan fingerprint density at radius 2 is 1.64 bits per heavy atom. The number of rotatable bonds is 5. The predicted molar refractivity (Wildman–Crippen MR) is 141 cm³/mol. The number of para-hydroxylation sites is 1. The molecule has 0 saturated carbocycles. The molecule has 2 aromatic heterocycles. The first kappa shape index (κ1) is 21.3. The van der Waals surface area contributed by atoms with Gasteiger partial charge in [-0.2, -0.15) is 0 Å². The van der Waals surface area contributed by atoms with E-state index >= 15 is 0 Å². The van der Waals surface area contributed by atoms with Crippen molar-refractivity contribution in [2.24, 2.45) is 0 Å². The summed E-state index contributed by atoms with van der Waals surface area (Å²) in [7, 11) is 0. The van der Waals surface area contributed by atoms with Gasteiger partial charge in [0, 0.05) is 46.7 Å². The average Bonchev–Trinajstić information content (AvgIpc) is 3.45. The molecule has 1 saturated heterocycles. The Morgan fingerprint density at radius 3 is 2.42 bits per heavy atom. The van der Waals surface area contributed by atoms with Crippen molar-refractivity contribution >= 4 is 56.4 Å². The third kappa shape index (κ3) is 4.32. The zero-order valence-electron chi connectivity index (χ0n) is 18.3. The molecule has 1 aliphatic carbocycles. The minimum Gasteiger partial charge on any atom is -0.368 e. The van der Waals surface area contributed by atoms with Gasteiger partial charge in [0.1, 0.15) is 16.5 Å². The number of hydrogen-bond donors (Lipinski definition) is 0. The van der Waals surface area contributed by atoms with Crippen LogP contribution < -0.4 is 9.80 Å². The zero-order valence-corrected chi connectivity index (χ0v) is 20.7. The molecule has 168 valence electrons. The molecule has 0 amide bonds. The van der Waals surface area contributed by atoms with Gasteiger partial charge in [0.25, 0.3) is 0 Å². The number of thiophene rings is 1. The lowest BCUT2D eigenvalue weighted by Gasteiger charge is -2.37. The highest BCUT2D eigenvalue weighted by atomic mass is 35.5. The number of nitrogens with zero attached hydrogens (tertiary/aromatic N) is 4. The van der Waals surface area contributed by atoms with Crippen molar-refractivity contribution in [2.75, 3.05) is 36.0 Å². The molecule has 6 rings (SSSR count). The van der Waals surface area contributed by atoms with Gasteiger partial charge in [-0.1, -0.05) is 29.8 Å². The fourth-order valence-corrected chi connectivity index (χ4v) is 6.96. The summed E-state index contributed by atoms with van der Waals surface area (Å²) in [5.41, 5.74) is 2.81. The molecule has 7 heteroatoms. The fraction of sp³-hybridized carbons (Fsp3) is 0.308. The topological polar surface area (TPSA) is 32.3 Å². The second-order valence-corrected chi connectivity index (χ2v) is 11.1. The van der Waals surface area contributed by atoms with Crippen LogP contribution in [0.5, 0.6) is 0 Å². The lowest BCUT2D eigenvalue weighted by Crippen LogP contribution is -2.47. The summed E-state index contributed by atoms with van der Waals surface area (Å²) >= 11 is 9.70. The number of benzene rings is 2. The Hall–Kier alpha value is -2.28. The van der Waals surface area contributed by atoms with Crippen molar-refractivity contribution in [2.45, 2.75) is 29.9 Å². The summed E-state index contributed by atoms with van der Waals surface area (Å²) in [6, 6.07) is 18.7.